The van der Waals surface area contributed by atoms with Crippen LogP contribution in [0.4, 0.5) is 0 Å². The normalized spacial score (nSPS) is 19.9. The van der Waals surface area contributed by atoms with Gasteiger partial charge in [-0.3, -0.25) is 4.79 Å². The highest BCUT2D eigenvalue weighted by Gasteiger charge is 2.43. The molecule has 1 aliphatic rings. The average molecular weight is 324 g/mol. The Morgan fingerprint density at radius 3 is 2.32 bits per heavy atom. The van der Waals surface area contributed by atoms with Crippen molar-refractivity contribution in [2.45, 2.75) is 45.2 Å². The van der Waals surface area contributed by atoms with Gasteiger partial charge in [-0.25, -0.2) is 8.42 Å². The van der Waals surface area contributed by atoms with Crippen molar-refractivity contribution in [3.63, 3.8) is 0 Å². The highest BCUT2D eigenvalue weighted by Crippen LogP contribution is 2.29. The average Bonchev–Trinajstić information content (AvgIpc) is 2.92. The van der Waals surface area contributed by atoms with Crippen molar-refractivity contribution in [3.05, 3.63) is 29.8 Å². The lowest BCUT2D eigenvalue weighted by Gasteiger charge is -2.32. The zero-order chi connectivity index (χ0) is 16.5. The maximum atomic E-state index is 12.9. The maximum absolute atomic E-state index is 12.9. The summed E-state index contributed by atoms with van der Waals surface area (Å²) in [5.41, 5.74) is 1.02. The van der Waals surface area contributed by atoms with Crippen LogP contribution >= 0.6 is 0 Å². The van der Waals surface area contributed by atoms with Crippen molar-refractivity contribution in [2.24, 2.45) is 5.92 Å². The SMILES string of the molecule is CCC(=O)N1CCN(S(=O)(=O)c2ccc(C)cc2)[C@@H]1C(C)C. The smallest absolute Gasteiger partial charge is 0.244 e. The standard InChI is InChI=1S/C16H24N2O3S/c1-5-15(19)17-10-11-18(16(17)12(2)3)22(20,21)14-8-6-13(4)7-9-14/h6-9,12,16H,5,10-11H2,1-4H3/t16-/m1/s1. The van der Waals surface area contributed by atoms with Crippen molar-refractivity contribution in [1.82, 2.24) is 9.21 Å². The number of rotatable bonds is 4. The van der Waals surface area contributed by atoms with Crippen molar-refractivity contribution >= 4 is 15.9 Å². The summed E-state index contributed by atoms with van der Waals surface area (Å²) in [6, 6.07) is 6.85. The van der Waals surface area contributed by atoms with Crippen molar-refractivity contribution in [3.8, 4) is 0 Å². The minimum atomic E-state index is -3.58. The molecule has 122 valence electrons. The van der Waals surface area contributed by atoms with E-state index >= 15 is 0 Å². The van der Waals surface area contributed by atoms with E-state index in [1.54, 1.807) is 36.1 Å². The monoisotopic (exact) mass is 324 g/mol. The van der Waals surface area contributed by atoms with Gasteiger partial charge in [0, 0.05) is 19.5 Å². The molecule has 1 atom stereocenters. The molecule has 1 heterocycles. The largest absolute Gasteiger partial charge is 0.324 e. The van der Waals surface area contributed by atoms with Crippen LogP contribution in [0.1, 0.15) is 32.8 Å². The lowest BCUT2D eigenvalue weighted by molar-refractivity contribution is -0.133. The number of nitrogens with zero attached hydrogens (tertiary/aromatic N) is 2. The van der Waals surface area contributed by atoms with Gasteiger partial charge in [0.1, 0.15) is 6.17 Å². The summed E-state index contributed by atoms with van der Waals surface area (Å²) >= 11 is 0. The number of benzene rings is 1. The summed E-state index contributed by atoms with van der Waals surface area (Å²) in [4.78, 5) is 14.1. The summed E-state index contributed by atoms with van der Waals surface area (Å²) in [5.74, 6) is 0.0403. The van der Waals surface area contributed by atoms with E-state index in [0.29, 0.717) is 19.5 Å². The van der Waals surface area contributed by atoms with Gasteiger partial charge < -0.3 is 4.90 Å². The van der Waals surface area contributed by atoms with E-state index < -0.39 is 16.2 Å². The molecule has 0 aromatic heterocycles. The van der Waals surface area contributed by atoms with Crippen LogP contribution in [-0.2, 0) is 14.8 Å². The van der Waals surface area contributed by atoms with Gasteiger partial charge in [0.05, 0.1) is 4.90 Å². The Bertz CT molecular complexity index is 638. The first-order chi connectivity index (χ1) is 10.3. The summed E-state index contributed by atoms with van der Waals surface area (Å²) < 4.78 is 27.3. The summed E-state index contributed by atoms with van der Waals surface area (Å²) in [6.45, 7) is 8.43. The van der Waals surface area contributed by atoms with Crippen LogP contribution in [0.5, 0.6) is 0 Å². The van der Waals surface area contributed by atoms with Crippen LogP contribution in [0, 0.1) is 12.8 Å². The highest BCUT2D eigenvalue weighted by atomic mass is 32.2. The third kappa shape index (κ3) is 3.03. The molecule has 0 radical (unpaired) electrons. The molecule has 1 aromatic rings. The Morgan fingerprint density at radius 2 is 1.82 bits per heavy atom. The van der Waals surface area contributed by atoms with Gasteiger partial charge >= 0.3 is 0 Å². The molecule has 1 aliphatic heterocycles. The van der Waals surface area contributed by atoms with E-state index in [1.165, 1.54) is 4.31 Å². The van der Waals surface area contributed by atoms with E-state index in [4.69, 9.17) is 0 Å². The Morgan fingerprint density at radius 1 is 1.23 bits per heavy atom. The zero-order valence-electron chi connectivity index (χ0n) is 13.6. The molecule has 1 fully saturated rings. The second-order valence-electron chi connectivity index (χ2n) is 6.03. The van der Waals surface area contributed by atoms with Gasteiger partial charge in [-0.1, -0.05) is 38.5 Å². The summed E-state index contributed by atoms with van der Waals surface area (Å²) in [6.07, 6.45) is -0.0134. The van der Waals surface area contributed by atoms with E-state index in [-0.39, 0.29) is 16.7 Å². The lowest BCUT2D eigenvalue weighted by atomic mass is 10.1. The van der Waals surface area contributed by atoms with Crippen LogP contribution < -0.4 is 0 Å². The molecule has 2 rings (SSSR count). The molecule has 0 spiro atoms. The van der Waals surface area contributed by atoms with Gasteiger partial charge in [0.25, 0.3) is 0 Å². The van der Waals surface area contributed by atoms with Gasteiger partial charge in [-0.05, 0) is 25.0 Å². The second kappa shape index (κ2) is 6.38. The fraction of sp³-hybridized carbons (Fsp3) is 0.562. The lowest BCUT2D eigenvalue weighted by Crippen LogP contribution is -2.47. The highest BCUT2D eigenvalue weighted by molar-refractivity contribution is 7.89. The van der Waals surface area contributed by atoms with Gasteiger partial charge in [0.2, 0.25) is 15.9 Å². The van der Waals surface area contributed by atoms with Crippen molar-refractivity contribution in [2.75, 3.05) is 13.1 Å². The second-order valence-corrected chi connectivity index (χ2v) is 7.92. The fourth-order valence-electron chi connectivity index (χ4n) is 2.90. The molecule has 1 saturated heterocycles. The first kappa shape index (κ1) is 17.0. The first-order valence-electron chi connectivity index (χ1n) is 7.67. The quantitative estimate of drug-likeness (QED) is 0.853. The molecule has 0 N–H and O–H groups in total. The molecule has 1 amide bonds. The van der Waals surface area contributed by atoms with Gasteiger partial charge in [-0.2, -0.15) is 4.31 Å². The molecule has 0 unspecified atom stereocenters. The Balaban J connectivity index is 2.38. The number of carbonyl (C=O) groups excluding carboxylic acids is 1. The molecule has 6 heteroatoms. The van der Waals surface area contributed by atoms with E-state index in [1.807, 2.05) is 20.8 Å². The van der Waals surface area contributed by atoms with E-state index in [2.05, 4.69) is 0 Å². The number of hydrogen-bond acceptors (Lipinski definition) is 3. The number of sulfonamides is 1. The molecular formula is C16H24N2O3S. The number of carbonyl (C=O) groups is 1. The topological polar surface area (TPSA) is 57.7 Å². The third-order valence-corrected chi connectivity index (χ3v) is 5.91. The van der Waals surface area contributed by atoms with Crippen LogP contribution in [0.2, 0.25) is 0 Å². The number of amides is 1. The molecule has 22 heavy (non-hydrogen) atoms. The summed E-state index contributed by atoms with van der Waals surface area (Å²) in [5, 5.41) is 0. The predicted octanol–water partition coefficient (Wildman–Crippen LogP) is 2.22. The van der Waals surface area contributed by atoms with E-state index in [0.717, 1.165) is 5.56 Å². The fourth-order valence-corrected chi connectivity index (χ4v) is 4.62. The van der Waals surface area contributed by atoms with E-state index in [9.17, 15) is 13.2 Å². The minimum absolute atomic E-state index is 0.000283. The molecule has 1 aromatic carbocycles. The van der Waals surface area contributed by atoms with Gasteiger partial charge in [-0.15, -0.1) is 0 Å². The predicted molar refractivity (Wildman–Crippen MR) is 85.7 cm³/mol. The number of aryl methyl sites for hydroxylation is 1. The maximum Gasteiger partial charge on any atom is 0.244 e. The molecule has 0 aliphatic carbocycles. The minimum Gasteiger partial charge on any atom is -0.324 e. The van der Waals surface area contributed by atoms with Crippen LogP contribution in [0.15, 0.2) is 29.2 Å². The Kier molecular flexibility index (Phi) is 4.92. The van der Waals surface area contributed by atoms with Crippen molar-refractivity contribution < 1.29 is 13.2 Å². The molecule has 5 nitrogen and oxygen atoms in total. The Hall–Kier alpha value is -1.40. The van der Waals surface area contributed by atoms with Crippen LogP contribution in [0.3, 0.4) is 0 Å². The first-order valence-corrected chi connectivity index (χ1v) is 9.11. The third-order valence-electron chi connectivity index (χ3n) is 4.02. The Labute approximate surface area is 133 Å². The van der Waals surface area contributed by atoms with Gasteiger partial charge in [0.15, 0.2) is 0 Å². The molecule has 0 bridgehead atoms. The molecule has 0 saturated carbocycles. The number of hydrogen-bond donors (Lipinski definition) is 0. The van der Waals surface area contributed by atoms with Crippen LogP contribution in [-0.4, -0.2) is 42.8 Å². The molecular weight excluding hydrogens is 300 g/mol. The van der Waals surface area contributed by atoms with Crippen LogP contribution in [0.25, 0.3) is 0 Å². The summed E-state index contributed by atoms with van der Waals surface area (Å²) in [7, 11) is -3.58. The van der Waals surface area contributed by atoms with Crippen molar-refractivity contribution in [1.29, 1.82) is 0 Å². The zero-order valence-corrected chi connectivity index (χ0v) is 14.4.